The lowest BCUT2D eigenvalue weighted by Gasteiger charge is -2.22. The summed E-state index contributed by atoms with van der Waals surface area (Å²) in [6.07, 6.45) is 0.916. The maximum atomic E-state index is 12.7. The third-order valence-electron chi connectivity index (χ3n) is 3.62. The van der Waals surface area contributed by atoms with Gasteiger partial charge in [0.25, 0.3) is 0 Å². The van der Waals surface area contributed by atoms with Gasteiger partial charge < -0.3 is 10.6 Å². The molecule has 156 valence electrons. The van der Waals surface area contributed by atoms with Crippen molar-refractivity contribution in [1.82, 2.24) is 15.4 Å². The molecule has 0 bridgehead atoms. The summed E-state index contributed by atoms with van der Waals surface area (Å²) in [5.74, 6) is 0.641. The second-order valence-electron chi connectivity index (χ2n) is 7.15. The van der Waals surface area contributed by atoms with Gasteiger partial charge in [-0.05, 0) is 50.3 Å². The van der Waals surface area contributed by atoms with Crippen LogP contribution in [-0.2, 0) is 23.0 Å². The predicted molar refractivity (Wildman–Crippen MR) is 128 cm³/mol. The molecule has 2 rings (SSSR count). The molecule has 0 saturated heterocycles. The summed E-state index contributed by atoms with van der Waals surface area (Å²) < 4.78 is 28.1. The van der Waals surface area contributed by atoms with Gasteiger partial charge in [-0.25, -0.2) is 13.1 Å². The van der Waals surface area contributed by atoms with E-state index >= 15 is 0 Å². The second-order valence-corrected chi connectivity index (χ2v) is 9.83. The van der Waals surface area contributed by atoms with Crippen molar-refractivity contribution in [3.05, 3.63) is 52.2 Å². The van der Waals surface area contributed by atoms with Crippen LogP contribution >= 0.6 is 35.3 Å². The van der Waals surface area contributed by atoms with Crippen LogP contribution in [0.4, 0.5) is 0 Å². The fourth-order valence-electron chi connectivity index (χ4n) is 2.53. The minimum Gasteiger partial charge on any atom is -0.356 e. The fraction of sp³-hybridized carbons (Fsp3) is 0.421. The number of thiophene rings is 1. The highest BCUT2D eigenvalue weighted by Gasteiger charge is 2.24. The Hall–Kier alpha value is -1.17. The normalized spacial score (nSPS) is 12.4. The van der Waals surface area contributed by atoms with Gasteiger partial charge in [-0.3, -0.25) is 4.99 Å². The smallest absolute Gasteiger partial charge is 0.241 e. The predicted octanol–water partition coefficient (Wildman–Crippen LogP) is 3.35. The maximum Gasteiger partial charge on any atom is 0.241 e. The lowest BCUT2D eigenvalue weighted by atomic mass is 10.1. The zero-order chi connectivity index (χ0) is 19.9. The molecule has 1 aromatic carbocycles. The van der Waals surface area contributed by atoms with Crippen molar-refractivity contribution in [2.75, 3.05) is 13.6 Å². The Morgan fingerprint density at radius 3 is 2.43 bits per heavy atom. The average Bonchev–Trinajstić information content (AvgIpc) is 3.09. The Morgan fingerprint density at radius 1 is 1.11 bits per heavy atom. The Kier molecular flexibility index (Phi) is 9.88. The van der Waals surface area contributed by atoms with Gasteiger partial charge in [0.1, 0.15) is 0 Å². The molecule has 28 heavy (non-hydrogen) atoms. The molecule has 6 nitrogen and oxygen atoms in total. The zero-order valence-electron chi connectivity index (χ0n) is 16.7. The van der Waals surface area contributed by atoms with E-state index in [2.05, 4.69) is 31.8 Å². The minimum atomic E-state index is -3.60. The number of halogens is 1. The van der Waals surface area contributed by atoms with E-state index in [1.807, 2.05) is 39.0 Å². The van der Waals surface area contributed by atoms with Crippen molar-refractivity contribution in [2.45, 2.75) is 44.2 Å². The quantitative estimate of drug-likeness (QED) is 0.288. The molecular weight excluding hydrogens is 507 g/mol. The van der Waals surface area contributed by atoms with Crippen molar-refractivity contribution >= 4 is 51.3 Å². The highest BCUT2D eigenvalue weighted by Crippen LogP contribution is 2.17. The van der Waals surface area contributed by atoms with Crippen LogP contribution in [0.1, 0.15) is 31.2 Å². The van der Waals surface area contributed by atoms with Crippen molar-refractivity contribution < 1.29 is 8.42 Å². The summed E-state index contributed by atoms with van der Waals surface area (Å²) in [4.78, 5) is 5.79. The number of hydrogen-bond acceptors (Lipinski definition) is 4. The third-order valence-corrected chi connectivity index (χ3v) is 6.41. The number of nitrogens with one attached hydrogen (secondary N) is 3. The van der Waals surface area contributed by atoms with Gasteiger partial charge in [0.15, 0.2) is 5.96 Å². The van der Waals surface area contributed by atoms with Gasteiger partial charge >= 0.3 is 0 Å². The molecule has 0 amide bonds. The lowest BCUT2D eigenvalue weighted by molar-refractivity contribution is 0.491. The zero-order valence-corrected chi connectivity index (χ0v) is 20.6. The van der Waals surface area contributed by atoms with Gasteiger partial charge in [-0.2, -0.15) is 0 Å². The fourth-order valence-corrected chi connectivity index (χ4v) is 4.90. The molecule has 2 aromatic rings. The van der Waals surface area contributed by atoms with E-state index in [0.717, 1.165) is 13.0 Å². The highest BCUT2D eigenvalue weighted by atomic mass is 127. The van der Waals surface area contributed by atoms with Crippen LogP contribution in [-0.4, -0.2) is 33.5 Å². The Labute approximate surface area is 189 Å². The van der Waals surface area contributed by atoms with Crippen molar-refractivity contribution in [1.29, 1.82) is 0 Å². The number of hydrogen-bond donors (Lipinski definition) is 3. The summed E-state index contributed by atoms with van der Waals surface area (Å²) in [5.41, 5.74) is 0.147. The first-order valence-corrected chi connectivity index (χ1v) is 11.2. The molecule has 1 heterocycles. The van der Waals surface area contributed by atoms with Gasteiger partial charge in [0, 0.05) is 30.6 Å². The molecule has 0 fully saturated rings. The van der Waals surface area contributed by atoms with Gasteiger partial charge in [-0.1, -0.05) is 24.3 Å². The SMILES string of the molecule is CN=C(NCCc1cccs1)NCc1ccccc1S(=O)(=O)NC(C)(C)C.I. The van der Waals surface area contributed by atoms with E-state index in [9.17, 15) is 8.42 Å². The van der Waals surface area contributed by atoms with Crippen molar-refractivity contribution in [3.8, 4) is 0 Å². The van der Waals surface area contributed by atoms with E-state index in [1.165, 1.54) is 4.88 Å². The standard InChI is InChI=1S/C19H28N4O2S2.HI/c1-19(2,3)23-27(24,25)17-10-6-5-8-15(17)14-22-18(20-4)21-12-11-16-9-7-13-26-16;/h5-10,13,23H,11-12,14H2,1-4H3,(H2,20,21,22);1H. The van der Waals surface area contributed by atoms with Crippen LogP contribution in [0.25, 0.3) is 0 Å². The minimum absolute atomic E-state index is 0. The molecule has 0 spiro atoms. The van der Waals surface area contributed by atoms with Crippen LogP contribution in [0, 0.1) is 0 Å². The molecule has 0 aliphatic heterocycles. The molecule has 9 heteroatoms. The molecule has 0 atom stereocenters. The first kappa shape index (κ1) is 24.9. The first-order chi connectivity index (χ1) is 12.7. The van der Waals surface area contributed by atoms with E-state index in [0.29, 0.717) is 18.1 Å². The van der Waals surface area contributed by atoms with E-state index < -0.39 is 15.6 Å². The molecule has 0 radical (unpaired) electrons. The molecule has 0 saturated carbocycles. The number of guanidine groups is 1. The van der Waals surface area contributed by atoms with E-state index in [4.69, 9.17) is 0 Å². The van der Waals surface area contributed by atoms with E-state index in [1.54, 1.807) is 30.5 Å². The van der Waals surface area contributed by atoms with Crippen LogP contribution in [0.2, 0.25) is 0 Å². The van der Waals surface area contributed by atoms with Crippen LogP contribution in [0.15, 0.2) is 51.7 Å². The lowest BCUT2D eigenvalue weighted by Crippen LogP contribution is -2.41. The number of nitrogens with zero attached hydrogens (tertiary/aromatic N) is 1. The summed E-state index contributed by atoms with van der Waals surface area (Å²) >= 11 is 1.73. The van der Waals surface area contributed by atoms with Crippen molar-refractivity contribution in [3.63, 3.8) is 0 Å². The first-order valence-electron chi connectivity index (χ1n) is 8.80. The van der Waals surface area contributed by atoms with Gasteiger partial charge in [-0.15, -0.1) is 35.3 Å². The monoisotopic (exact) mass is 536 g/mol. The summed E-state index contributed by atoms with van der Waals surface area (Å²) in [7, 11) is -1.90. The van der Waals surface area contributed by atoms with Crippen LogP contribution < -0.4 is 15.4 Å². The molecule has 0 aliphatic carbocycles. The molecule has 3 N–H and O–H groups in total. The topological polar surface area (TPSA) is 82.6 Å². The third kappa shape index (κ3) is 8.06. The van der Waals surface area contributed by atoms with E-state index in [-0.39, 0.29) is 28.9 Å². The second kappa shape index (κ2) is 11.1. The number of sulfonamides is 1. The molecule has 1 aromatic heterocycles. The Morgan fingerprint density at radius 2 is 1.82 bits per heavy atom. The largest absolute Gasteiger partial charge is 0.356 e. The van der Waals surface area contributed by atoms with Gasteiger partial charge in [0.05, 0.1) is 4.90 Å². The number of rotatable bonds is 7. The summed E-state index contributed by atoms with van der Waals surface area (Å²) in [5, 5.41) is 8.51. The van der Waals surface area contributed by atoms with Crippen LogP contribution in [0.3, 0.4) is 0 Å². The maximum absolute atomic E-state index is 12.7. The van der Waals surface area contributed by atoms with Crippen molar-refractivity contribution in [2.24, 2.45) is 4.99 Å². The molecule has 0 aliphatic rings. The summed E-state index contributed by atoms with van der Waals surface area (Å²) in [6, 6.07) is 11.1. The molecule has 0 unspecified atom stereocenters. The Bertz CT molecular complexity index is 860. The van der Waals surface area contributed by atoms with Gasteiger partial charge in [0.2, 0.25) is 10.0 Å². The molecular formula is C19H29IN4O2S2. The Balaban J connectivity index is 0.00000392. The van der Waals surface area contributed by atoms with Crippen LogP contribution in [0.5, 0.6) is 0 Å². The number of benzene rings is 1. The summed E-state index contributed by atoms with van der Waals surface area (Å²) in [6.45, 7) is 6.59. The average molecular weight is 537 g/mol. The number of aliphatic imine (C=N–C) groups is 1. The highest BCUT2D eigenvalue weighted by molar-refractivity contribution is 14.0.